The molecule has 6 heteroatoms. The van der Waals surface area contributed by atoms with Crippen LogP contribution in [0.3, 0.4) is 0 Å². The number of carbonyl (C=O) groups excluding carboxylic acids is 1. The van der Waals surface area contributed by atoms with Gasteiger partial charge in [0.1, 0.15) is 0 Å². The van der Waals surface area contributed by atoms with Crippen LogP contribution in [0.4, 0.5) is 0 Å². The maximum atomic E-state index is 13.0. The fraction of sp³-hybridized carbons (Fsp3) is 0.500. The van der Waals surface area contributed by atoms with Crippen LogP contribution in [0.5, 0.6) is 0 Å². The standard InChI is InChI=1S/C20H26N4O2/c25-9-8-24-19-14-23(13-18(19)12-22-24)20(26)17-3-1-2-16(11-17)10-15-4-6-21-7-5-15/h1-3,11-12,15,21,25H,4-10,13-14H2. The summed E-state index contributed by atoms with van der Waals surface area (Å²) in [4.78, 5) is 14.8. The van der Waals surface area contributed by atoms with Crippen molar-refractivity contribution in [1.82, 2.24) is 20.0 Å². The summed E-state index contributed by atoms with van der Waals surface area (Å²) in [5, 5.41) is 16.8. The molecule has 6 nitrogen and oxygen atoms in total. The molecule has 0 radical (unpaired) electrons. The van der Waals surface area contributed by atoms with Crippen molar-refractivity contribution in [3.05, 3.63) is 52.8 Å². The van der Waals surface area contributed by atoms with Gasteiger partial charge in [-0.05, 0) is 56.0 Å². The number of fused-ring (bicyclic) bond motifs is 1. The zero-order valence-electron chi connectivity index (χ0n) is 15.0. The second kappa shape index (κ2) is 7.60. The van der Waals surface area contributed by atoms with Crippen LogP contribution in [-0.2, 0) is 26.1 Å². The lowest BCUT2D eigenvalue weighted by Gasteiger charge is -2.23. The van der Waals surface area contributed by atoms with Crippen molar-refractivity contribution in [2.75, 3.05) is 19.7 Å². The van der Waals surface area contributed by atoms with Gasteiger partial charge in [-0.25, -0.2) is 0 Å². The highest BCUT2D eigenvalue weighted by atomic mass is 16.3. The first-order chi connectivity index (χ1) is 12.7. The van der Waals surface area contributed by atoms with E-state index < -0.39 is 0 Å². The van der Waals surface area contributed by atoms with Crippen LogP contribution < -0.4 is 5.32 Å². The summed E-state index contributed by atoms with van der Waals surface area (Å²) in [6, 6.07) is 8.11. The Balaban J connectivity index is 1.44. The van der Waals surface area contributed by atoms with Gasteiger partial charge in [0.05, 0.1) is 31.6 Å². The quantitative estimate of drug-likeness (QED) is 0.855. The Hall–Kier alpha value is -2.18. The SMILES string of the molecule is O=C(c1cccc(CC2CCNCC2)c1)N1Cc2cnn(CCO)c2C1. The molecule has 0 atom stereocenters. The predicted octanol–water partition coefficient (Wildman–Crippen LogP) is 1.57. The van der Waals surface area contributed by atoms with Gasteiger partial charge in [0.25, 0.3) is 5.91 Å². The van der Waals surface area contributed by atoms with Gasteiger partial charge in [-0.1, -0.05) is 12.1 Å². The van der Waals surface area contributed by atoms with E-state index >= 15 is 0 Å². The summed E-state index contributed by atoms with van der Waals surface area (Å²) in [6.07, 6.45) is 5.28. The Morgan fingerprint density at radius 2 is 2.12 bits per heavy atom. The van der Waals surface area contributed by atoms with E-state index in [1.54, 1.807) is 4.68 Å². The van der Waals surface area contributed by atoms with Gasteiger partial charge in [-0.3, -0.25) is 9.48 Å². The second-order valence-electron chi connectivity index (χ2n) is 7.32. The van der Waals surface area contributed by atoms with E-state index in [0.29, 0.717) is 25.6 Å². The van der Waals surface area contributed by atoms with Crippen LogP contribution in [0.2, 0.25) is 0 Å². The molecule has 1 aromatic heterocycles. The number of benzene rings is 1. The predicted molar refractivity (Wildman–Crippen MR) is 98.6 cm³/mol. The number of piperidine rings is 1. The third-order valence-corrected chi connectivity index (χ3v) is 5.49. The van der Waals surface area contributed by atoms with Gasteiger partial charge in [-0.2, -0.15) is 5.10 Å². The number of nitrogens with zero attached hydrogens (tertiary/aromatic N) is 3. The Kier molecular flexibility index (Phi) is 5.04. The summed E-state index contributed by atoms with van der Waals surface area (Å²) < 4.78 is 1.80. The second-order valence-corrected chi connectivity index (χ2v) is 7.32. The van der Waals surface area contributed by atoms with E-state index in [1.807, 2.05) is 23.2 Å². The minimum atomic E-state index is 0.0563. The number of carbonyl (C=O) groups is 1. The molecule has 3 heterocycles. The molecule has 2 N–H and O–H groups in total. The molecule has 0 unspecified atom stereocenters. The Morgan fingerprint density at radius 3 is 2.92 bits per heavy atom. The molecule has 2 aliphatic heterocycles. The summed E-state index contributed by atoms with van der Waals surface area (Å²) >= 11 is 0. The largest absolute Gasteiger partial charge is 0.394 e. The normalized spacial score (nSPS) is 17.5. The highest BCUT2D eigenvalue weighted by molar-refractivity contribution is 5.94. The molecule has 2 aliphatic rings. The Bertz CT molecular complexity index is 780. The summed E-state index contributed by atoms with van der Waals surface area (Å²) in [6.45, 7) is 3.88. The van der Waals surface area contributed by atoms with Crippen LogP contribution in [0, 0.1) is 5.92 Å². The molecule has 1 aromatic carbocycles. The van der Waals surface area contributed by atoms with Crippen LogP contribution >= 0.6 is 0 Å². The van der Waals surface area contributed by atoms with E-state index in [-0.39, 0.29) is 12.5 Å². The lowest BCUT2D eigenvalue weighted by molar-refractivity contribution is 0.0747. The molecule has 1 saturated heterocycles. The van der Waals surface area contributed by atoms with Crippen molar-refractivity contribution in [3.63, 3.8) is 0 Å². The van der Waals surface area contributed by atoms with Crippen LogP contribution in [0.1, 0.15) is 40.0 Å². The number of hydrogen-bond acceptors (Lipinski definition) is 4. The molecule has 1 fully saturated rings. The maximum Gasteiger partial charge on any atom is 0.254 e. The minimum absolute atomic E-state index is 0.0563. The number of hydrogen-bond donors (Lipinski definition) is 2. The first-order valence-electron chi connectivity index (χ1n) is 9.48. The molecule has 4 rings (SSSR count). The number of nitrogens with one attached hydrogen (secondary N) is 1. The average Bonchev–Trinajstić information content (AvgIpc) is 3.24. The van der Waals surface area contributed by atoms with Gasteiger partial charge in [0, 0.05) is 17.7 Å². The number of amides is 1. The van der Waals surface area contributed by atoms with Crippen molar-refractivity contribution in [2.24, 2.45) is 5.92 Å². The van der Waals surface area contributed by atoms with Crippen LogP contribution in [0.15, 0.2) is 30.5 Å². The summed E-state index contributed by atoms with van der Waals surface area (Å²) in [5.74, 6) is 0.783. The lowest BCUT2D eigenvalue weighted by Crippen LogP contribution is -2.29. The molecule has 26 heavy (non-hydrogen) atoms. The molecule has 2 aromatic rings. The molecule has 138 valence electrons. The first kappa shape index (κ1) is 17.2. The molecular formula is C20H26N4O2. The Morgan fingerprint density at radius 1 is 1.27 bits per heavy atom. The van der Waals surface area contributed by atoms with Gasteiger partial charge in [0.2, 0.25) is 0 Å². The van der Waals surface area contributed by atoms with Crippen LogP contribution in [-0.4, -0.2) is 45.4 Å². The number of aliphatic hydroxyl groups is 1. The molecule has 0 saturated carbocycles. The molecule has 0 aliphatic carbocycles. The van der Waals surface area contributed by atoms with Crippen LogP contribution in [0.25, 0.3) is 0 Å². The molecule has 1 amide bonds. The third-order valence-electron chi connectivity index (χ3n) is 5.49. The van der Waals surface area contributed by atoms with Crippen molar-refractivity contribution in [3.8, 4) is 0 Å². The summed E-state index contributed by atoms with van der Waals surface area (Å²) in [5.41, 5.74) is 4.14. The van der Waals surface area contributed by atoms with Crippen molar-refractivity contribution < 1.29 is 9.90 Å². The van der Waals surface area contributed by atoms with E-state index in [1.165, 1.54) is 18.4 Å². The zero-order chi connectivity index (χ0) is 17.9. The monoisotopic (exact) mass is 354 g/mol. The average molecular weight is 354 g/mol. The van der Waals surface area contributed by atoms with Crippen molar-refractivity contribution in [1.29, 1.82) is 0 Å². The molecular weight excluding hydrogens is 328 g/mol. The van der Waals surface area contributed by atoms with Gasteiger partial charge < -0.3 is 15.3 Å². The van der Waals surface area contributed by atoms with Crippen molar-refractivity contribution >= 4 is 5.91 Å². The van der Waals surface area contributed by atoms with E-state index in [0.717, 1.165) is 36.3 Å². The number of rotatable bonds is 5. The topological polar surface area (TPSA) is 70.4 Å². The Labute approximate surface area is 153 Å². The maximum absolute atomic E-state index is 13.0. The van der Waals surface area contributed by atoms with E-state index in [2.05, 4.69) is 22.5 Å². The van der Waals surface area contributed by atoms with Gasteiger partial charge in [0.15, 0.2) is 0 Å². The third kappa shape index (κ3) is 3.52. The zero-order valence-corrected chi connectivity index (χ0v) is 15.0. The fourth-order valence-corrected chi connectivity index (χ4v) is 4.07. The minimum Gasteiger partial charge on any atom is -0.394 e. The highest BCUT2D eigenvalue weighted by Crippen LogP contribution is 2.25. The van der Waals surface area contributed by atoms with E-state index in [9.17, 15) is 4.79 Å². The highest BCUT2D eigenvalue weighted by Gasteiger charge is 2.28. The van der Waals surface area contributed by atoms with Crippen molar-refractivity contribution in [2.45, 2.75) is 38.9 Å². The van der Waals surface area contributed by atoms with E-state index in [4.69, 9.17) is 5.11 Å². The molecule has 0 spiro atoms. The smallest absolute Gasteiger partial charge is 0.254 e. The van der Waals surface area contributed by atoms with Gasteiger partial charge >= 0.3 is 0 Å². The molecule has 0 bridgehead atoms. The number of aromatic nitrogens is 2. The van der Waals surface area contributed by atoms with Gasteiger partial charge in [-0.15, -0.1) is 0 Å². The lowest BCUT2D eigenvalue weighted by atomic mass is 9.90. The summed E-state index contributed by atoms with van der Waals surface area (Å²) in [7, 11) is 0. The first-order valence-corrected chi connectivity index (χ1v) is 9.48. The fourth-order valence-electron chi connectivity index (χ4n) is 4.07. The number of aliphatic hydroxyl groups excluding tert-OH is 1.